The van der Waals surface area contributed by atoms with E-state index < -0.39 is 5.97 Å². The molecule has 160 valence electrons. The second kappa shape index (κ2) is 9.69. The van der Waals surface area contributed by atoms with Crippen LogP contribution >= 0.6 is 0 Å². The maximum Gasteiger partial charge on any atom is 0.328 e. The van der Waals surface area contributed by atoms with E-state index in [1.165, 1.54) is 32.1 Å². The molecule has 1 saturated carbocycles. The number of ether oxygens (including phenoxy) is 2. The molecule has 4 nitrogen and oxygen atoms in total. The molecule has 3 aromatic rings. The van der Waals surface area contributed by atoms with Crippen molar-refractivity contribution in [2.45, 2.75) is 32.1 Å². The van der Waals surface area contributed by atoms with Gasteiger partial charge in [0.05, 0.1) is 13.7 Å². The van der Waals surface area contributed by atoms with Gasteiger partial charge in [0.15, 0.2) is 0 Å². The summed E-state index contributed by atoms with van der Waals surface area (Å²) in [6, 6.07) is 18.2. The van der Waals surface area contributed by atoms with E-state index in [0.717, 1.165) is 51.6 Å². The van der Waals surface area contributed by atoms with Gasteiger partial charge in [-0.25, -0.2) is 4.79 Å². The van der Waals surface area contributed by atoms with Crippen LogP contribution in [0.5, 0.6) is 11.5 Å². The molecule has 0 unspecified atom stereocenters. The second-order valence-electron chi connectivity index (χ2n) is 8.17. The summed E-state index contributed by atoms with van der Waals surface area (Å²) in [6.07, 6.45) is 9.13. The van der Waals surface area contributed by atoms with E-state index in [-0.39, 0.29) is 0 Å². The Balaban J connectivity index is 1.68. The quantitative estimate of drug-likeness (QED) is 0.443. The van der Waals surface area contributed by atoms with Crippen LogP contribution in [0.3, 0.4) is 0 Å². The Labute approximate surface area is 183 Å². The fraction of sp³-hybridized carbons (Fsp3) is 0.296. The van der Waals surface area contributed by atoms with Gasteiger partial charge >= 0.3 is 5.97 Å². The van der Waals surface area contributed by atoms with E-state index in [1.807, 2.05) is 30.3 Å². The molecule has 1 aliphatic rings. The molecule has 4 rings (SSSR count). The van der Waals surface area contributed by atoms with E-state index in [1.54, 1.807) is 13.2 Å². The molecule has 0 bridgehead atoms. The van der Waals surface area contributed by atoms with Crippen molar-refractivity contribution in [1.29, 1.82) is 0 Å². The zero-order chi connectivity index (χ0) is 21.6. The van der Waals surface area contributed by atoms with Crippen molar-refractivity contribution >= 4 is 22.8 Å². The third kappa shape index (κ3) is 5.26. The van der Waals surface area contributed by atoms with Crippen molar-refractivity contribution in [3.8, 4) is 22.6 Å². The first-order valence-electron chi connectivity index (χ1n) is 10.9. The zero-order valence-corrected chi connectivity index (χ0v) is 17.8. The first kappa shape index (κ1) is 21.0. The molecule has 0 saturated heterocycles. The summed E-state index contributed by atoms with van der Waals surface area (Å²) in [5.41, 5.74) is 2.85. The minimum absolute atomic E-state index is 0.609. The first-order chi connectivity index (χ1) is 15.1. The molecule has 0 aromatic heterocycles. The number of rotatable bonds is 7. The number of carboxylic acids is 1. The SMILES string of the molecule is COc1ccc2cc(-c3cc(/C=C/C(=O)O)ccc3OCC3CCCCC3)ccc2c1. The molecule has 0 spiro atoms. The second-order valence-corrected chi connectivity index (χ2v) is 8.17. The predicted octanol–water partition coefficient (Wildman–Crippen LogP) is 6.57. The summed E-state index contributed by atoms with van der Waals surface area (Å²) in [5.74, 6) is 1.32. The third-order valence-corrected chi connectivity index (χ3v) is 5.98. The van der Waals surface area contributed by atoms with E-state index in [0.29, 0.717) is 5.92 Å². The molecule has 1 aliphatic carbocycles. The average molecular weight is 417 g/mol. The zero-order valence-electron chi connectivity index (χ0n) is 17.8. The van der Waals surface area contributed by atoms with Crippen LogP contribution in [-0.2, 0) is 4.79 Å². The van der Waals surface area contributed by atoms with Crippen molar-refractivity contribution in [2.75, 3.05) is 13.7 Å². The first-order valence-corrected chi connectivity index (χ1v) is 10.9. The Morgan fingerprint density at radius 2 is 1.77 bits per heavy atom. The monoisotopic (exact) mass is 416 g/mol. The van der Waals surface area contributed by atoms with Gasteiger partial charge in [-0.15, -0.1) is 0 Å². The lowest BCUT2D eigenvalue weighted by atomic mass is 9.90. The molecule has 1 N–H and O–H groups in total. The van der Waals surface area contributed by atoms with Crippen LogP contribution < -0.4 is 9.47 Å². The van der Waals surface area contributed by atoms with Gasteiger partial charge in [0.25, 0.3) is 0 Å². The van der Waals surface area contributed by atoms with Crippen molar-refractivity contribution in [3.05, 3.63) is 66.2 Å². The van der Waals surface area contributed by atoms with Crippen molar-refractivity contribution in [3.63, 3.8) is 0 Å². The standard InChI is InChI=1S/C27H28O4/c1-30-24-12-11-21-16-23(10-9-22(21)17-24)25-15-19(8-14-27(28)29)7-13-26(25)31-18-20-5-3-2-4-6-20/h7-17,20H,2-6,18H2,1H3,(H,28,29)/b14-8+. The largest absolute Gasteiger partial charge is 0.497 e. The lowest BCUT2D eigenvalue weighted by Crippen LogP contribution is -2.15. The van der Waals surface area contributed by atoms with Crippen LogP contribution in [0.2, 0.25) is 0 Å². The Morgan fingerprint density at radius 1 is 1.00 bits per heavy atom. The van der Waals surface area contributed by atoms with Crippen LogP contribution in [0, 0.1) is 5.92 Å². The molecule has 3 aromatic carbocycles. The number of aliphatic carboxylic acids is 1. The van der Waals surface area contributed by atoms with Crippen molar-refractivity contribution in [2.24, 2.45) is 5.92 Å². The minimum Gasteiger partial charge on any atom is -0.497 e. The summed E-state index contributed by atoms with van der Waals surface area (Å²) >= 11 is 0. The fourth-order valence-electron chi connectivity index (χ4n) is 4.25. The van der Waals surface area contributed by atoms with Gasteiger partial charge in [-0.1, -0.05) is 43.5 Å². The smallest absolute Gasteiger partial charge is 0.328 e. The highest BCUT2D eigenvalue weighted by molar-refractivity contribution is 5.90. The summed E-state index contributed by atoms with van der Waals surface area (Å²) < 4.78 is 11.6. The summed E-state index contributed by atoms with van der Waals surface area (Å²) in [5, 5.41) is 11.2. The van der Waals surface area contributed by atoms with E-state index >= 15 is 0 Å². The van der Waals surface area contributed by atoms with Gasteiger partial charge < -0.3 is 14.6 Å². The van der Waals surface area contributed by atoms with Gasteiger partial charge in [0, 0.05) is 11.6 Å². The molecular formula is C27H28O4. The molecule has 0 atom stereocenters. The maximum absolute atomic E-state index is 10.9. The highest BCUT2D eigenvalue weighted by Gasteiger charge is 2.16. The Kier molecular flexibility index (Phi) is 6.56. The maximum atomic E-state index is 10.9. The number of carboxylic acid groups (broad SMARTS) is 1. The molecule has 0 aliphatic heterocycles. The van der Waals surface area contributed by atoms with Crippen molar-refractivity contribution in [1.82, 2.24) is 0 Å². The Hall–Kier alpha value is -3.27. The Bertz CT molecular complexity index is 1090. The van der Waals surface area contributed by atoms with Gasteiger partial charge in [0.1, 0.15) is 11.5 Å². The average Bonchev–Trinajstić information content (AvgIpc) is 2.81. The van der Waals surface area contributed by atoms with Gasteiger partial charge in [0.2, 0.25) is 0 Å². The molecule has 0 amide bonds. The summed E-state index contributed by atoms with van der Waals surface area (Å²) in [4.78, 5) is 10.9. The number of carbonyl (C=O) groups is 1. The number of fused-ring (bicyclic) bond motifs is 1. The van der Waals surface area contributed by atoms with Crippen LogP contribution in [0.4, 0.5) is 0 Å². The predicted molar refractivity (Wildman–Crippen MR) is 125 cm³/mol. The topological polar surface area (TPSA) is 55.8 Å². The lowest BCUT2D eigenvalue weighted by Gasteiger charge is -2.22. The molecular weight excluding hydrogens is 388 g/mol. The number of hydrogen-bond acceptors (Lipinski definition) is 3. The van der Waals surface area contributed by atoms with Gasteiger partial charge in [-0.05, 0) is 77.1 Å². The lowest BCUT2D eigenvalue weighted by molar-refractivity contribution is -0.131. The van der Waals surface area contributed by atoms with E-state index in [9.17, 15) is 4.79 Å². The molecule has 0 heterocycles. The van der Waals surface area contributed by atoms with Crippen LogP contribution in [0.1, 0.15) is 37.7 Å². The van der Waals surface area contributed by atoms with Crippen molar-refractivity contribution < 1.29 is 19.4 Å². The summed E-state index contributed by atoms with van der Waals surface area (Å²) in [7, 11) is 1.67. The van der Waals surface area contributed by atoms with E-state index in [4.69, 9.17) is 14.6 Å². The van der Waals surface area contributed by atoms with E-state index in [2.05, 4.69) is 24.3 Å². The molecule has 4 heteroatoms. The third-order valence-electron chi connectivity index (χ3n) is 5.98. The number of benzene rings is 3. The van der Waals surface area contributed by atoms with Crippen LogP contribution in [0.25, 0.3) is 28.0 Å². The van der Waals surface area contributed by atoms with Gasteiger partial charge in [-0.2, -0.15) is 0 Å². The molecule has 0 radical (unpaired) electrons. The number of hydrogen-bond donors (Lipinski definition) is 1. The normalized spacial score (nSPS) is 14.7. The highest BCUT2D eigenvalue weighted by Crippen LogP contribution is 2.35. The number of methoxy groups -OCH3 is 1. The van der Waals surface area contributed by atoms with Gasteiger partial charge in [-0.3, -0.25) is 0 Å². The van der Waals surface area contributed by atoms with Crippen LogP contribution in [0.15, 0.2) is 60.7 Å². The minimum atomic E-state index is -0.959. The summed E-state index contributed by atoms with van der Waals surface area (Å²) in [6.45, 7) is 0.724. The highest BCUT2D eigenvalue weighted by atomic mass is 16.5. The molecule has 31 heavy (non-hydrogen) atoms. The van der Waals surface area contributed by atoms with Crippen LogP contribution in [-0.4, -0.2) is 24.8 Å². The Morgan fingerprint density at radius 3 is 2.55 bits per heavy atom. The fourth-order valence-corrected chi connectivity index (χ4v) is 4.25. The molecule has 1 fully saturated rings.